The zero-order valence-corrected chi connectivity index (χ0v) is 15.3. The third-order valence-corrected chi connectivity index (χ3v) is 6.51. The molecule has 0 fully saturated rings. The van der Waals surface area contributed by atoms with Crippen molar-refractivity contribution in [1.29, 1.82) is 0 Å². The molecule has 1 nitrogen and oxygen atoms in total. The molecule has 0 spiro atoms. The lowest BCUT2D eigenvalue weighted by Crippen LogP contribution is -1.91. The smallest absolute Gasteiger partial charge is 0.167 e. The first kappa shape index (κ1) is 14.8. The molecule has 0 saturated heterocycles. The lowest BCUT2D eigenvalue weighted by molar-refractivity contribution is 1.13. The van der Waals surface area contributed by atoms with Crippen molar-refractivity contribution >= 4 is 44.4 Å². The van der Waals surface area contributed by atoms with E-state index < -0.39 is 0 Å². The predicted octanol–water partition coefficient (Wildman–Crippen LogP) is 6.77. The number of nitrogens with zero attached hydrogens (tertiary/aromatic N) is 1. The number of benzene rings is 2. The number of hydrogen-bond donors (Lipinski definition) is 0. The minimum absolute atomic E-state index is 0.908. The zero-order chi connectivity index (χ0) is 16.0. The first-order valence-corrected chi connectivity index (χ1v) is 9.45. The molecule has 0 unspecified atom stereocenters. The largest absolute Gasteiger partial charge is 0.283 e. The number of aryl methyl sites for hydroxylation is 2. The number of thiophene rings is 1. The Morgan fingerprint density at radius 1 is 0.826 bits per heavy atom. The summed E-state index contributed by atoms with van der Waals surface area (Å²) in [4.78, 5) is 2.53. The summed E-state index contributed by atoms with van der Waals surface area (Å²) in [7, 11) is 0. The first-order chi connectivity index (χ1) is 11.1. The van der Waals surface area contributed by atoms with Crippen molar-refractivity contribution in [2.24, 2.45) is 0 Å². The monoisotopic (exact) mass is 353 g/mol. The molecule has 4 heteroatoms. The van der Waals surface area contributed by atoms with E-state index in [4.69, 9.17) is 12.2 Å². The summed E-state index contributed by atoms with van der Waals surface area (Å²) in [6.45, 7) is 4.22. The second-order valence-corrected chi connectivity index (χ2v) is 8.39. The summed E-state index contributed by atoms with van der Waals surface area (Å²) >= 11 is 9.08. The van der Waals surface area contributed by atoms with Crippen LogP contribution >= 0.6 is 34.9 Å². The molecule has 0 aliphatic carbocycles. The van der Waals surface area contributed by atoms with E-state index in [1.165, 1.54) is 31.1 Å². The first-order valence-electron chi connectivity index (χ1n) is 7.41. The lowest BCUT2D eigenvalue weighted by atomic mass is 10.1. The van der Waals surface area contributed by atoms with Gasteiger partial charge in [-0.2, -0.15) is 0 Å². The zero-order valence-electron chi connectivity index (χ0n) is 12.9. The maximum Gasteiger partial charge on any atom is 0.167 e. The lowest BCUT2D eigenvalue weighted by Gasteiger charge is -2.04. The van der Waals surface area contributed by atoms with Crippen LogP contribution in [0.15, 0.2) is 54.6 Å². The van der Waals surface area contributed by atoms with E-state index in [1.807, 2.05) is 11.3 Å². The number of hydrogen-bond acceptors (Lipinski definition) is 3. The molecule has 23 heavy (non-hydrogen) atoms. The van der Waals surface area contributed by atoms with Crippen LogP contribution < -0.4 is 0 Å². The van der Waals surface area contributed by atoms with E-state index in [-0.39, 0.29) is 0 Å². The summed E-state index contributed by atoms with van der Waals surface area (Å²) < 4.78 is 4.36. The summed E-state index contributed by atoms with van der Waals surface area (Å²) in [5, 5.41) is 0. The van der Waals surface area contributed by atoms with Gasteiger partial charge in [-0.3, -0.25) is 4.57 Å². The Morgan fingerprint density at radius 3 is 2.09 bits per heavy atom. The molecule has 0 bridgehead atoms. The molecule has 0 atom stereocenters. The molecule has 0 N–H and O–H groups in total. The molecular weight excluding hydrogens is 338 g/mol. The van der Waals surface area contributed by atoms with Gasteiger partial charge in [-0.15, -0.1) is 22.7 Å². The molecule has 0 radical (unpaired) electrons. The van der Waals surface area contributed by atoms with Gasteiger partial charge in [-0.05, 0) is 49.8 Å². The van der Waals surface area contributed by atoms with Crippen LogP contribution in [0, 0.1) is 17.8 Å². The Hall–Kier alpha value is -1.75. The highest BCUT2D eigenvalue weighted by Crippen LogP contribution is 2.38. The molecule has 0 aliphatic heterocycles. The third-order valence-electron chi connectivity index (χ3n) is 3.89. The van der Waals surface area contributed by atoms with Crippen molar-refractivity contribution in [3.8, 4) is 16.1 Å². The minimum atomic E-state index is 0.908. The number of aromatic nitrogens is 1. The Morgan fingerprint density at radius 2 is 1.43 bits per heavy atom. The van der Waals surface area contributed by atoms with Gasteiger partial charge in [-0.25, -0.2) is 0 Å². The second-order valence-electron chi connectivity index (χ2n) is 5.69. The van der Waals surface area contributed by atoms with E-state index >= 15 is 0 Å². The fourth-order valence-corrected chi connectivity index (χ4v) is 5.42. The Bertz CT molecular complexity index is 1030. The van der Waals surface area contributed by atoms with Gasteiger partial charge in [-0.1, -0.05) is 47.5 Å². The normalized spacial score (nSPS) is 11.2. The Kier molecular flexibility index (Phi) is 3.68. The molecule has 0 saturated carbocycles. The average Bonchev–Trinajstić information content (AvgIpc) is 3.06. The highest BCUT2D eigenvalue weighted by atomic mass is 32.1. The van der Waals surface area contributed by atoms with Crippen LogP contribution in [-0.2, 0) is 0 Å². The molecule has 2 heterocycles. The summed E-state index contributed by atoms with van der Waals surface area (Å²) in [6, 6.07) is 19.5. The van der Waals surface area contributed by atoms with Crippen molar-refractivity contribution in [2.75, 3.05) is 0 Å². The van der Waals surface area contributed by atoms with E-state index in [2.05, 4.69) is 73.0 Å². The van der Waals surface area contributed by atoms with Crippen LogP contribution in [0.1, 0.15) is 11.1 Å². The molecule has 2 aromatic carbocycles. The van der Waals surface area contributed by atoms with E-state index in [0.29, 0.717) is 0 Å². The molecule has 4 aromatic rings. The Balaban J connectivity index is 1.89. The highest BCUT2D eigenvalue weighted by molar-refractivity contribution is 7.73. The predicted molar refractivity (Wildman–Crippen MR) is 105 cm³/mol. The van der Waals surface area contributed by atoms with E-state index in [0.717, 1.165) is 9.64 Å². The van der Waals surface area contributed by atoms with Gasteiger partial charge in [0.2, 0.25) is 0 Å². The summed E-state index contributed by atoms with van der Waals surface area (Å²) in [5.41, 5.74) is 4.96. The average molecular weight is 354 g/mol. The van der Waals surface area contributed by atoms with E-state index in [1.54, 1.807) is 11.3 Å². The number of fused-ring (bicyclic) bond motifs is 1. The molecule has 0 aliphatic rings. The molecular formula is C19H15NS3. The number of rotatable bonds is 2. The van der Waals surface area contributed by atoms with Gasteiger partial charge in [0.25, 0.3) is 0 Å². The van der Waals surface area contributed by atoms with Gasteiger partial charge in [0, 0.05) is 10.6 Å². The van der Waals surface area contributed by atoms with Crippen molar-refractivity contribution in [2.45, 2.75) is 13.8 Å². The van der Waals surface area contributed by atoms with Crippen molar-refractivity contribution in [1.82, 2.24) is 4.57 Å². The Labute approximate surface area is 148 Å². The van der Waals surface area contributed by atoms with Crippen LogP contribution in [0.5, 0.6) is 0 Å². The van der Waals surface area contributed by atoms with Gasteiger partial charge in [0.15, 0.2) is 3.95 Å². The SMILES string of the molecule is Cc1ccc(-c2cc3sc(=S)n(-c4ccc(C)cc4)c3s2)cc1. The summed E-state index contributed by atoms with van der Waals surface area (Å²) in [5.74, 6) is 0. The highest BCUT2D eigenvalue weighted by Gasteiger charge is 2.12. The topological polar surface area (TPSA) is 4.93 Å². The van der Waals surface area contributed by atoms with Crippen LogP contribution in [0.2, 0.25) is 0 Å². The van der Waals surface area contributed by atoms with Gasteiger partial charge >= 0.3 is 0 Å². The third kappa shape index (κ3) is 2.67. The van der Waals surface area contributed by atoms with Crippen LogP contribution in [0.4, 0.5) is 0 Å². The van der Waals surface area contributed by atoms with E-state index in [9.17, 15) is 0 Å². The standard InChI is InChI=1S/C19H15NS3/c1-12-3-7-14(8-4-12)16-11-17-18(22-16)20(19(21)23-17)15-9-5-13(2)6-10-15/h3-11H,1-2H3. The summed E-state index contributed by atoms with van der Waals surface area (Å²) in [6.07, 6.45) is 0. The maximum atomic E-state index is 5.59. The molecule has 4 rings (SSSR count). The van der Waals surface area contributed by atoms with Gasteiger partial charge < -0.3 is 0 Å². The van der Waals surface area contributed by atoms with Gasteiger partial charge in [0.1, 0.15) is 4.83 Å². The molecule has 0 amide bonds. The minimum Gasteiger partial charge on any atom is -0.283 e. The number of thiazole rings is 1. The molecule has 2 aromatic heterocycles. The van der Waals surface area contributed by atoms with Crippen molar-refractivity contribution in [3.05, 3.63) is 69.7 Å². The maximum absolute atomic E-state index is 5.59. The molecule has 114 valence electrons. The quantitative estimate of drug-likeness (QED) is 0.360. The van der Waals surface area contributed by atoms with Crippen LogP contribution in [0.3, 0.4) is 0 Å². The van der Waals surface area contributed by atoms with Gasteiger partial charge in [0.05, 0.1) is 4.70 Å². The fourth-order valence-electron chi connectivity index (χ4n) is 2.59. The second kappa shape index (κ2) is 5.71. The van der Waals surface area contributed by atoms with Crippen LogP contribution in [0.25, 0.3) is 25.7 Å². The fraction of sp³-hybridized carbons (Fsp3) is 0.105. The van der Waals surface area contributed by atoms with Crippen LogP contribution in [-0.4, -0.2) is 4.57 Å². The van der Waals surface area contributed by atoms with Crippen molar-refractivity contribution in [3.63, 3.8) is 0 Å². The van der Waals surface area contributed by atoms with Crippen molar-refractivity contribution < 1.29 is 0 Å².